The standard InChI is InChI=1S/C26H30N2O/c1-18(2)23-12-8-9-20(4)25(23)28-24(29)17-27-26(21-10-6-5-7-11-21)22-15-13-19(3)14-16-22/h5-16,18,26-27H,17H2,1-4H3,(H,28,29)/t26-/m1/s1. The lowest BCUT2D eigenvalue weighted by molar-refractivity contribution is -0.115. The summed E-state index contributed by atoms with van der Waals surface area (Å²) in [6.07, 6.45) is 0. The van der Waals surface area contributed by atoms with Gasteiger partial charge in [-0.2, -0.15) is 0 Å². The molecule has 0 radical (unpaired) electrons. The molecule has 3 nitrogen and oxygen atoms in total. The Labute approximate surface area is 174 Å². The summed E-state index contributed by atoms with van der Waals surface area (Å²) in [4.78, 5) is 12.8. The molecule has 0 saturated heterocycles. The molecule has 1 amide bonds. The maximum Gasteiger partial charge on any atom is 0.238 e. The highest BCUT2D eigenvalue weighted by Gasteiger charge is 2.16. The van der Waals surface area contributed by atoms with Gasteiger partial charge in [0.25, 0.3) is 0 Å². The summed E-state index contributed by atoms with van der Waals surface area (Å²) in [5.74, 6) is 0.317. The van der Waals surface area contributed by atoms with E-state index in [4.69, 9.17) is 0 Å². The number of para-hydroxylation sites is 1. The molecular weight excluding hydrogens is 356 g/mol. The zero-order chi connectivity index (χ0) is 20.8. The van der Waals surface area contributed by atoms with Gasteiger partial charge in [-0.25, -0.2) is 0 Å². The van der Waals surface area contributed by atoms with Gasteiger partial charge in [-0.3, -0.25) is 10.1 Å². The molecule has 0 unspecified atom stereocenters. The minimum absolute atomic E-state index is 0.0331. The Bertz CT molecular complexity index is 946. The molecule has 0 fully saturated rings. The minimum atomic E-state index is -0.0380. The van der Waals surface area contributed by atoms with Crippen molar-refractivity contribution in [2.75, 3.05) is 11.9 Å². The molecule has 29 heavy (non-hydrogen) atoms. The van der Waals surface area contributed by atoms with Gasteiger partial charge in [0.1, 0.15) is 0 Å². The first-order chi connectivity index (χ1) is 14.0. The largest absolute Gasteiger partial charge is 0.324 e. The molecule has 0 spiro atoms. The van der Waals surface area contributed by atoms with Crippen LogP contribution in [-0.2, 0) is 4.79 Å². The van der Waals surface area contributed by atoms with Crippen molar-refractivity contribution in [1.82, 2.24) is 5.32 Å². The quantitative estimate of drug-likeness (QED) is 0.543. The van der Waals surface area contributed by atoms with E-state index in [0.29, 0.717) is 5.92 Å². The highest BCUT2D eigenvalue weighted by molar-refractivity contribution is 5.94. The lowest BCUT2D eigenvalue weighted by atomic mass is 9.97. The molecule has 0 bridgehead atoms. The Morgan fingerprint density at radius 3 is 2.14 bits per heavy atom. The van der Waals surface area contributed by atoms with Gasteiger partial charge in [-0.05, 0) is 42.0 Å². The number of aryl methyl sites for hydroxylation is 2. The highest BCUT2D eigenvalue weighted by atomic mass is 16.1. The first kappa shape index (κ1) is 20.8. The Morgan fingerprint density at radius 2 is 1.48 bits per heavy atom. The van der Waals surface area contributed by atoms with E-state index in [-0.39, 0.29) is 18.5 Å². The number of hydrogen-bond acceptors (Lipinski definition) is 2. The zero-order valence-corrected chi connectivity index (χ0v) is 17.7. The van der Waals surface area contributed by atoms with Crippen molar-refractivity contribution in [3.63, 3.8) is 0 Å². The van der Waals surface area contributed by atoms with Crippen molar-refractivity contribution in [3.8, 4) is 0 Å². The Balaban J connectivity index is 1.76. The second-order valence-electron chi connectivity index (χ2n) is 7.88. The van der Waals surface area contributed by atoms with Gasteiger partial charge < -0.3 is 5.32 Å². The van der Waals surface area contributed by atoms with Gasteiger partial charge in [0.2, 0.25) is 5.91 Å². The van der Waals surface area contributed by atoms with Gasteiger partial charge in [0.15, 0.2) is 0 Å². The van der Waals surface area contributed by atoms with Crippen LogP contribution in [0.1, 0.15) is 53.6 Å². The van der Waals surface area contributed by atoms with Crippen LogP contribution in [0, 0.1) is 13.8 Å². The molecular formula is C26H30N2O. The Hall–Kier alpha value is -2.91. The second kappa shape index (κ2) is 9.53. The molecule has 0 aliphatic carbocycles. The van der Waals surface area contributed by atoms with Crippen LogP contribution in [0.15, 0.2) is 72.8 Å². The number of hydrogen-bond donors (Lipinski definition) is 2. The number of anilines is 1. The van der Waals surface area contributed by atoms with E-state index in [1.165, 1.54) is 5.56 Å². The van der Waals surface area contributed by atoms with Crippen molar-refractivity contribution >= 4 is 11.6 Å². The lowest BCUT2D eigenvalue weighted by Crippen LogP contribution is -2.32. The normalized spacial score (nSPS) is 12.0. The van der Waals surface area contributed by atoms with E-state index in [2.05, 4.69) is 73.9 Å². The summed E-state index contributed by atoms with van der Waals surface area (Å²) in [5, 5.41) is 6.57. The third-order valence-electron chi connectivity index (χ3n) is 5.20. The number of carbonyl (C=O) groups excluding carboxylic acids is 1. The zero-order valence-electron chi connectivity index (χ0n) is 17.7. The number of carbonyl (C=O) groups is 1. The van der Waals surface area contributed by atoms with Crippen molar-refractivity contribution in [1.29, 1.82) is 0 Å². The molecule has 3 aromatic carbocycles. The first-order valence-corrected chi connectivity index (χ1v) is 10.2. The van der Waals surface area contributed by atoms with E-state index in [9.17, 15) is 4.79 Å². The number of rotatable bonds is 7. The van der Waals surface area contributed by atoms with Crippen LogP contribution in [0.5, 0.6) is 0 Å². The van der Waals surface area contributed by atoms with Crippen LogP contribution >= 0.6 is 0 Å². The molecule has 0 aromatic heterocycles. The summed E-state index contributed by atoms with van der Waals surface area (Å²) in [6, 6.07) is 24.8. The Morgan fingerprint density at radius 1 is 0.828 bits per heavy atom. The average molecular weight is 387 g/mol. The lowest BCUT2D eigenvalue weighted by Gasteiger charge is -2.21. The number of benzene rings is 3. The van der Waals surface area contributed by atoms with Crippen molar-refractivity contribution in [2.45, 2.75) is 39.7 Å². The molecule has 0 aliphatic heterocycles. The van der Waals surface area contributed by atoms with Gasteiger partial charge in [0.05, 0.1) is 12.6 Å². The molecule has 3 aromatic rings. The van der Waals surface area contributed by atoms with Gasteiger partial charge in [-0.1, -0.05) is 92.2 Å². The molecule has 2 N–H and O–H groups in total. The molecule has 0 aliphatic rings. The van der Waals surface area contributed by atoms with Gasteiger partial charge in [-0.15, -0.1) is 0 Å². The van der Waals surface area contributed by atoms with E-state index >= 15 is 0 Å². The minimum Gasteiger partial charge on any atom is -0.324 e. The molecule has 150 valence electrons. The van der Waals surface area contributed by atoms with E-state index in [0.717, 1.165) is 27.9 Å². The van der Waals surface area contributed by atoms with Crippen LogP contribution in [0.2, 0.25) is 0 Å². The molecule has 0 heterocycles. The topological polar surface area (TPSA) is 41.1 Å². The summed E-state index contributed by atoms with van der Waals surface area (Å²) in [7, 11) is 0. The predicted octanol–water partition coefficient (Wildman–Crippen LogP) is 5.74. The van der Waals surface area contributed by atoms with E-state index in [1.807, 2.05) is 37.3 Å². The maximum absolute atomic E-state index is 12.8. The Kier molecular flexibility index (Phi) is 6.84. The molecule has 3 heteroatoms. The summed E-state index contributed by atoms with van der Waals surface area (Å²) < 4.78 is 0. The van der Waals surface area contributed by atoms with Crippen LogP contribution in [0.3, 0.4) is 0 Å². The van der Waals surface area contributed by atoms with Gasteiger partial charge in [0, 0.05) is 5.69 Å². The third kappa shape index (κ3) is 5.33. The molecule has 3 rings (SSSR count). The fourth-order valence-corrected chi connectivity index (χ4v) is 3.55. The number of nitrogens with one attached hydrogen (secondary N) is 2. The van der Waals surface area contributed by atoms with Crippen LogP contribution in [-0.4, -0.2) is 12.5 Å². The van der Waals surface area contributed by atoms with Crippen LogP contribution < -0.4 is 10.6 Å². The average Bonchev–Trinajstić information content (AvgIpc) is 2.71. The fraction of sp³-hybridized carbons (Fsp3) is 0.269. The summed E-state index contributed by atoms with van der Waals surface area (Å²) in [6.45, 7) is 8.64. The van der Waals surface area contributed by atoms with Crippen LogP contribution in [0.25, 0.3) is 0 Å². The first-order valence-electron chi connectivity index (χ1n) is 10.2. The molecule has 0 saturated carbocycles. The number of amides is 1. The van der Waals surface area contributed by atoms with Crippen molar-refractivity contribution < 1.29 is 4.79 Å². The summed E-state index contributed by atoms with van der Waals surface area (Å²) in [5.41, 5.74) is 6.69. The van der Waals surface area contributed by atoms with Gasteiger partial charge >= 0.3 is 0 Å². The van der Waals surface area contributed by atoms with Crippen molar-refractivity contribution in [2.24, 2.45) is 0 Å². The highest BCUT2D eigenvalue weighted by Crippen LogP contribution is 2.27. The summed E-state index contributed by atoms with van der Waals surface area (Å²) >= 11 is 0. The fourth-order valence-electron chi connectivity index (χ4n) is 3.55. The van der Waals surface area contributed by atoms with E-state index in [1.54, 1.807) is 0 Å². The monoisotopic (exact) mass is 386 g/mol. The molecule has 1 atom stereocenters. The van der Waals surface area contributed by atoms with E-state index < -0.39 is 0 Å². The van der Waals surface area contributed by atoms with Crippen LogP contribution in [0.4, 0.5) is 5.69 Å². The maximum atomic E-state index is 12.8. The predicted molar refractivity (Wildman–Crippen MR) is 121 cm³/mol. The second-order valence-corrected chi connectivity index (χ2v) is 7.88. The smallest absolute Gasteiger partial charge is 0.238 e. The SMILES string of the molecule is Cc1ccc([C@H](NCC(=O)Nc2c(C)cccc2C(C)C)c2ccccc2)cc1. The third-order valence-corrected chi connectivity index (χ3v) is 5.20. The van der Waals surface area contributed by atoms with Crippen molar-refractivity contribution in [3.05, 3.63) is 101 Å².